The van der Waals surface area contributed by atoms with Gasteiger partial charge in [0.2, 0.25) is 0 Å². The summed E-state index contributed by atoms with van der Waals surface area (Å²) in [7, 11) is 0. The van der Waals surface area contributed by atoms with E-state index in [2.05, 4.69) is 15.9 Å². The fourth-order valence-electron chi connectivity index (χ4n) is 1.36. The smallest absolute Gasteiger partial charge is 0.182 e. The number of benzene rings is 1. The molecule has 0 fully saturated rings. The molecule has 0 aliphatic heterocycles. The average molecular weight is 309 g/mol. The molecule has 16 heavy (non-hydrogen) atoms. The van der Waals surface area contributed by atoms with Gasteiger partial charge < -0.3 is 5.73 Å². The van der Waals surface area contributed by atoms with Crippen molar-refractivity contribution in [1.82, 2.24) is 0 Å². The van der Waals surface area contributed by atoms with E-state index in [-0.39, 0.29) is 10.6 Å². The Morgan fingerprint density at radius 2 is 2.25 bits per heavy atom. The number of hydrogen-bond acceptors (Lipinski definition) is 2. The summed E-state index contributed by atoms with van der Waals surface area (Å²) in [5, 5.41) is -0.0884. The van der Waals surface area contributed by atoms with E-state index in [9.17, 15) is 9.18 Å². The molecule has 1 rings (SSSR count). The molecule has 0 saturated carbocycles. The molecule has 1 aromatic carbocycles. The lowest BCUT2D eigenvalue weighted by Gasteiger charge is -2.10. The summed E-state index contributed by atoms with van der Waals surface area (Å²) in [6.45, 7) is 1.91. The SMILES string of the molecule is CCCC(N)C(=O)c1ccc(Br)c(Cl)c1F. The lowest BCUT2D eigenvalue weighted by atomic mass is 10.0. The Morgan fingerprint density at radius 3 is 2.81 bits per heavy atom. The first kappa shape index (κ1) is 13.6. The molecule has 0 saturated heterocycles. The Bertz CT molecular complexity index is 411. The maximum absolute atomic E-state index is 13.7. The third-order valence-corrected chi connectivity index (χ3v) is 3.50. The van der Waals surface area contributed by atoms with Crippen molar-refractivity contribution in [3.8, 4) is 0 Å². The molecule has 0 aliphatic rings. The summed E-state index contributed by atoms with van der Waals surface area (Å²) in [6.07, 6.45) is 1.31. The Kier molecular flexibility index (Phi) is 4.89. The second-order valence-electron chi connectivity index (χ2n) is 3.48. The van der Waals surface area contributed by atoms with Gasteiger partial charge in [-0.3, -0.25) is 4.79 Å². The molecule has 0 radical (unpaired) electrons. The van der Waals surface area contributed by atoms with E-state index in [0.717, 1.165) is 6.42 Å². The lowest BCUT2D eigenvalue weighted by Crippen LogP contribution is -2.30. The zero-order valence-corrected chi connectivity index (χ0v) is 11.1. The second-order valence-corrected chi connectivity index (χ2v) is 4.71. The van der Waals surface area contributed by atoms with Crippen molar-refractivity contribution in [2.45, 2.75) is 25.8 Å². The fraction of sp³-hybridized carbons (Fsp3) is 0.364. The topological polar surface area (TPSA) is 43.1 Å². The van der Waals surface area contributed by atoms with E-state index in [1.165, 1.54) is 12.1 Å². The van der Waals surface area contributed by atoms with Gasteiger partial charge in [0.15, 0.2) is 11.6 Å². The molecule has 0 aliphatic carbocycles. The summed E-state index contributed by atoms with van der Waals surface area (Å²) in [5.41, 5.74) is 5.60. The monoisotopic (exact) mass is 307 g/mol. The van der Waals surface area contributed by atoms with Crippen LogP contribution in [0.3, 0.4) is 0 Å². The molecular weight excluding hydrogens is 296 g/mol. The Morgan fingerprint density at radius 1 is 1.62 bits per heavy atom. The molecule has 0 amide bonds. The van der Waals surface area contributed by atoms with Crippen LogP contribution in [0.2, 0.25) is 5.02 Å². The minimum absolute atomic E-state index is 0.0471. The molecule has 1 atom stereocenters. The highest BCUT2D eigenvalue weighted by atomic mass is 79.9. The number of rotatable bonds is 4. The van der Waals surface area contributed by atoms with E-state index in [0.29, 0.717) is 10.9 Å². The zero-order chi connectivity index (χ0) is 12.3. The van der Waals surface area contributed by atoms with Crippen molar-refractivity contribution in [2.75, 3.05) is 0 Å². The van der Waals surface area contributed by atoms with Crippen LogP contribution in [-0.2, 0) is 0 Å². The van der Waals surface area contributed by atoms with E-state index in [1.807, 2.05) is 6.92 Å². The third kappa shape index (κ3) is 2.81. The highest BCUT2D eigenvalue weighted by Gasteiger charge is 2.21. The summed E-state index contributed by atoms with van der Waals surface area (Å²) < 4.78 is 14.1. The molecule has 1 aromatic rings. The molecule has 0 aromatic heterocycles. The van der Waals surface area contributed by atoms with Gasteiger partial charge in [-0.2, -0.15) is 0 Å². The standard InChI is InChI=1S/C11H12BrClFNO/c1-2-3-8(15)11(16)6-4-5-7(12)9(13)10(6)14/h4-5,8H,2-3,15H2,1H3. The maximum Gasteiger partial charge on any atom is 0.182 e. The van der Waals surface area contributed by atoms with Gasteiger partial charge in [0.1, 0.15) is 0 Å². The van der Waals surface area contributed by atoms with Crippen LogP contribution >= 0.6 is 27.5 Å². The molecule has 2 N–H and O–H groups in total. The van der Waals surface area contributed by atoms with Gasteiger partial charge in [-0.25, -0.2) is 4.39 Å². The first-order valence-electron chi connectivity index (χ1n) is 4.92. The number of hydrogen-bond donors (Lipinski definition) is 1. The Labute approximate surface area is 107 Å². The zero-order valence-electron chi connectivity index (χ0n) is 8.77. The van der Waals surface area contributed by atoms with Crippen LogP contribution in [0.1, 0.15) is 30.1 Å². The first-order chi connectivity index (χ1) is 7.49. The van der Waals surface area contributed by atoms with Crippen molar-refractivity contribution in [2.24, 2.45) is 5.73 Å². The molecule has 0 heterocycles. The normalized spacial score (nSPS) is 12.6. The third-order valence-electron chi connectivity index (χ3n) is 2.24. The largest absolute Gasteiger partial charge is 0.321 e. The number of carbonyl (C=O) groups excluding carboxylic acids is 1. The predicted octanol–water partition coefficient (Wildman–Crippen LogP) is 3.55. The van der Waals surface area contributed by atoms with Crippen molar-refractivity contribution in [1.29, 1.82) is 0 Å². The van der Waals surface area contributed by atoms with Crippen LogP contribution < -0.4 is 5.73 Å². The van der Waals surface area contributed by atoms with Gasteiger partial charge in [-0.1, -0.05) is 24.9 Å². The van der Waals surface area contributed by atoms with Gasteiger partial charge in [0.25, 0.3) is 0 Å². The Hall–Kier alpha value is -0.450. The number of halogens is 3. The molecule has 1 unspecified atom stereocenters. The first-order valence-corrected chi connectivity index (χ1v) is 6.09. The predicted molar refractivity (Wildman–Crippen MR) is 66.3 cm³/mol. The van der Waals surface area contributed by atoms with Gasteiger partial charge >= 0.3 is 0 Å². The van der Waals surface area contributed by atoms with Crippen LogP contribution in [0, 0.1) is 5.82 Å². The van der Waals surface area contributed by atoms with Gasteiger partial charge in [0, 0.05) is 4.47 Å². The summed E-state index contributed by atoms with van der Waals surface area (Å²) in [4.78, 5) is 11.8. The molecule has 5 heteroatoms. The average Bonchev–Trinajstić information content (AvgIpc) is 2.26. The minimum Gasteiger partial charge on any atom is -0.321 e. The highest BCUT2D eigenvalue weighted by Crippen LogP contribution is 2.28. The Balaban J connectivity index is 3.05. The number of ketones is 1. The van der Waals surface area contributed by atoms with Crippen molar-refractivity contribution in [3.05, 3.63) is 33.0 Å². The molecule has 2 nitrogen and oxygen atoms in total. The van der Waals surface area contributed by atoms with Crippen molar-refractivity contribution >= 4 is 33.3 Å². The van der Waals surface area contributed by atoms with Crippen LogP contribution in [0.5, 0.6) is 0 Å². The van der Waals surface area contributed by atoms with E-state index < -0.39 is 17.6 Å². The number of Topliss-reactive ketones (excluding diaryl/α,β-unsaturated/α-hetero) is 1. The number of nitrogens with two attached hydrogens (primary N) is 1. The van der Waals surface area contributed by atoms with Crippen molar-refractivity contribution < 1.29 is 9.18 Å². The quantitative estimate of drug-likeness (QED) is 0.683. The van der Waals surface area contributed by atoms with Gasteiger partial charge in [0.05, 0.1) is 16.6 Å². The summed E-state index contributed by atoms with van der Waals surface area (Å²) in [6, 6.07) is 2.26. The van der Waals surface area contributed by atoms with Crippen LogP contribution in [0.4, 0.5) is 4.39 Å². The second kappa shape index (κ2) is 5.75. The van der Waals surface area contributed by atoms with E-state index in [1.54, 1.807) is 0 Å². The van der Waals surface area contributed by atoms with E-state index in [4.69, 9.17) is 17.3 Å². The van der Waals surface area contributed by atoms with Gasteiger partial charge in [-0.05, 0) is 34.5 Å². The molecule has 88 valence electrons. The van der Waals surface area contributed by atoms with Crippen LogP contribution in [0.25, 0.3) is 0 Å². The molecule has 0 spiro atoms. The lowest BCUT2D eigenvalue weighted by molar-refractivity contribution is 0.0953. The summed E-state index contributed by atoms with van der Waals surface area (Å²) in [5.74, 6) is -1.12. The molecular formula is C11H12BrClFNO. The fourth-order valence-corrected chi connectivity index (χ4v) is 1.83. The van der Waals surface area contributed by atoms with Crippen molar-refractivity contribution in [3.63, 3.8) is 0 Å². The summed E-state index contributed by atoms with van der Waals surface area (Å²) >= 11 is 8.78. The minimum atomic E-state index is -0.715. The van der Waals surface area contributed by atoms with E-state index >= 15 is 0 Å². The highest BCUT2D eigenvalue weighted by molar-refractivity contribution is 9.10. The molecule has 0 bridgehead atoms. The maximum atomic E-state index is 13.7. The van der Waals surface area contributed by atoms with Crippen LogP contribution in [0.15, 0.2) is 16.6 Å². The number of carbonyl (C=O) groups is 1. The van der Waals surface area contributed by atoms with Crippen LogP contribution in [-0.4, -0.2) is 11.8 Å². The van der Waals surface area contributed by atoms with Gasteiger partial charge in [-0.15, -0.1) is 0 Å².